The Bertz CT molecular complexity index is 1040. The van der Waals surface area contributed by atoms with Gasteiger partial charge in [-0.2, -0.15) is 31.4 Å². The van der Waals surface area contributed by atoms with Crippen LogP contribution in [0.15, 0.2) is 18.2 Å². The van der Waals surface area contributed by atoms with Crippen molar-refractivity contribution in [2.24, 2.45) is 0 Å². The molecule has 2 unspecified atom stereocenters. The molecule has 2 aromatic rings. The van der Waals surface area contributed by atoms with Gasteiger partial charge in [-0.05, 0) is 19.1 Å². The van der Waals surface area contributed by atoms with Crippen LogP contribution in [0, 0.1) is 6.92 Å². The van der Waals surface area contributed by atoms with Crippen LogP contribution in [-0.2, 0) is 17.5 Å². The van der Waals surface area contributed by atoms with Gasteiger partial charge in [0.1, 0.15) is 18.1 Å². The zero-order chi connectivity index (χ0) is 25.4. The van der Waals surface area contributed by atoms with Crippen molar-refractivity contribution >= 4 is 35.2 Å². The average molecular weight is 533 g/mol. The quantitative estimate of drug-likeness (QED) is 0.393. The molecular formula is C20H20Cl2F6N4O2. The number of anilines is 1. The Morgan fingerprint density at radius 3 is 2.41 bits per heavy atom. The summed E-state index contributed by atoms with van der Waals surface area (Å²) in [7, 11) is 1.38. The van der Waals surface area contributed by atoms with Gasteiger partial charge in [-0.1, -0.05) is 23.2 Å². The Labute approximate surface area is 200 Å². The number of hydrogen-bond acceptors (Lipinski definition) is 5. The van der Waals surface area contributed by atoms with Crippen molar-refractivity contribution < 1.29 is 35.9 Å². The van der Waals surface area contributed by atoms with E-state index >= 15 is 0 Å². The Kier molecular flexibility index (Phi) is 7.63. The van der Waals surface area contributed by atoms with E-state index in [1.807, 2.05) is 0 Å². The van der Waals surface area contributed by atoms with E-state index in [-0.39, 0.29) is 25.1 Å². The number of aromatic nitrogens is 2. The molecule has 1 fully saturated rings. The standard InChI is InChI=1S/C20H20Cl2F6N4O2/c1-11-17(22)18(20(26,27)28)29-32(11)8-13(10-33)31-6-5-30(9-16(31)19(23,24)25)12-3-4-14(21)15(7-12)34-2/h3-4,7,10,13,16H,5-6,8-9H2,1-2H3. The van der Waals surface area contributed by atoms with Crippen molar-refractivity contribution in [2.75, 3.05) is 31.6 Å². The highest BCUT2D eigenvalue weighted by Crippen LogP contribution is 2.37. The molecule has 1 aliphatic rings. The minimum atomic E-state index is -4.84. The van der Waals surface area contributed by atoms with Crippen molar-refractivity contribution in [1.82, 2.24) is 14.7 Å². The first-order valence-electron chi connectivity index (χ1n) is 9.94. The van der Waals surface area contributed by atoms with Gasteiger partial charge in [0, 0.05) is 31.4 Å². The van der Waals surface area contributed by atoms with Gasteiger partial charge in [0.25, 0.3) is 0 Å². The van der Waals surface area contributed by atoms with Crippen molar-refractivity contribution in [1.29, 1.82) is 0 Å². The maximum Gasteiger partial charge on any atom is 0.436 e. The van der Waals surface area contributed by atoms with E-state index in [2.05, 4.69) is 5.10 Å². The summed E-state index contributed by atoms with van der Waals surface area (Å²) in [5, 5.41) is 3.03. The first-order valence-corrected chi connectivity index (χ1v) is 10.7. The molecule has 2 atom stereocenters. The number of benzene rings is 1. The van der Waals surface area contributed by atoms with Gasteiger partial charge < -0.3 is 14.4 Å². The summed E-state index contributed by atoms with van der Waals surface area (Å²) >= 11 is 11.7. The molecule has 0 aliphatic carbocycles. The first-order chi connectivity index (χ1) is 15.8. The SMILES string of the molecule is COc1cc(N2CCN(C(C=O)Cn3nc(C(F)(F)F)c(Cl)c3C)C(C(F)(F)F)C2)ccc1Cl. The smallest absolute Gasteiger partial charge is 0.436 e. The molecule has 6 nitrogen and oxygen atoms in total. The Hall–Kier alpha value is -2.18. The molecule has 0 radical (unpaired) electrons. The zero-order valence-corrected chi connectivity index (χ0v) is 19.4. The van der Waals surface area contributed by atoms with Crippen molar-refractivity contribution in [3.8, 4) is 5.75 Å². The first kappa shape index (κ1) is 26.4. The highest BCUT2D eigenvalue weighted by Gasteiger charge is 2.49. The third-order valence-corrected chi connectivity index (χ3v) is 6.41. The molecule has 3 rings (SSSR count). The van der Waals surface area contributed by atoms with Crippen molar-refractivity contribution in [2.45, 2.75) is 37.9 Å². The van der Waals surface area contributed by atoms with E-state index in [0.717, 1.165) is 9.58 Å². The fourth-order valence-corrected chi connectivity index (χ4v) is 4.29. The van der Waals surface area contributed by atoms with Gasteiger partial charge in [-0.3, -0.25) is 9.58 Å². The van der Waals surface area contributed by atoms with E-state index in [9.17, 15) is 31.1 Å². The zero-order valence-electron chi connectivity index (χ0n) is 17.9. The number of carbonyl (C=O) groups excluding carboxylic acids is 1. The van der Waals surface area contributed by atoms with Gasteiger partial charge in [-0.15, -0.1) is 0 Å². The van der Waals surface area contributed by atoms with Crippen molar-refractivity contribution in [3.05, 3.63) is 39.6 Å². The van der Waals surface area contributed by atoms with Crippen LogP contribution in [0.25, 0.3) is 0 Å². The van der Waals surface area contributed by atoms with Crippen LogP contribution in [0.4, 0.5) is 32.0 Å². The molecule has 0 saturated carbocycles. The van der Waals surface area contributed by atoms with E-state index in [1.54, 1.807) is 6.07 Å². The number of alkyl halides is 6. The number of hydrogen-bond donors (Lipinski definition) is 0. The molecule has 1 aromatic heterocycles. The van der Waals surface area contributed by atoms with Gasteiger partial charge in [-0.25, -0.2) is 0 Å². The number of aldehydes is 1. The fourth-order valence-electron chi connectivity index (χ4n) is 3.85. The summed E-state index contributed by atoms with van der Waals surface area (Å²) < 4.78 is 87.3. The van der Waals surface area contributed by atoms with Crippen LogP contribution in [-0.4, -0.2) is 66.0 Å². The second-order valence-corrected chi connectivity index (χ2v) is 8.48. The average Bonchev–Trinajstić information content (AvgIpc) is 3.05. The minimum Gasteiger partial charge on any atom is -0.495 e. The number of rotatable bonds is 6. The van der Waals surface area contributed by atoms with Crippen LogP contribution in [0.5, 0.6) is 5.75 Å². The van der Waals surface area contributed by atoms with E-state index < -0.39 is 48.2 Å². The maximum atomic E-state index is 14.0. The molecule has 1 saturated heterocycles. The van der Waals surface area contributed by atoms with E-state index in [4.69, 9.17) is 27.9 Å². The fraction of sp³-hybridized carbons (Fsp3) is 0.500. The molecule has 0 spiro atoms. The highest BCUT2D eigenvalue weighted by atomic mass is 35.5. The topological polar surface area (TPSA) is 50.6 Å². The molecule has 2 heterocycles. The summed E-state index contributed by atoms with van der Waals surface area (Å²) in [4.78, 5) is 14.2. The second kappa shape index (κ2) is 9.82. The molecule has 1 aliphatic heterocycles. The Balaban J connectivity index is 1.87. The van der Waals surface area contributed by atoms with Gasteiger partial charge in [0.2, 0.25) is 0 Å². The molecule has 0 amide bonds. The number of methoxy groups -OCH3 is 1. The number of piperazine rings is 1. The molecular weight excluding hydrogens is 513 g/mol. The van der Waals surface area contributed by atoms with Crippen LogP contribution in [0.1, 0.15) is 11.4 Å². The number of ether oxygens (including phenoxy) is 1. The lowest BCUT2D eigenvalue weighted by atomic mass is 10.1. The molecule has 34 heavy (non-hydrogen) atoms. The molecule has 1 aromatic carbocycles. The Morgan fingerprint density at radius 2 is 1.88 bits per heavy atom. The lowest BCUT2D eigenvalue weighted by molar-refractivity contribution is -0.190. The third-order valence-electron chi connectivity index (χ3n) is 5.64. The molecule has 0 bridgehead atoms. The van der Waals surface area contributed by atoms with Crippen molar-refractivity contribution in [3.63, 3.8) is 0 Å². The van der Waals surface area contributed by atoms with Crippen LogP contribution in [0.2, 0.25) is 10.0 Å². The largest absolute Gasteiger partial charge is 0.495 e. The van der Waals surface area contributed by atoms with Crippen LogP contribution >= 0.6 is 23.2 Å². The molecule has 0 N–H and O–H groups in total. The lowest BCUT2D eigenvalue weighted by Gasteiger charge is -2.45. The van der Waals surface area contributed by atoms with Crippen LogP contribution < -0.4 is 9.64 Å². The van der Waals surface area contributed by atoms with Crippen LogP contribution in [0.3, 0.4) is 0 Å². The summed E-state index contributed by atoms with van der Waals surface area (Å²) in [5.74, 6) is 0.294. The Morgan fingerprint density at radius 1 is 1.21 bits per heavy atom. The van der Waals surface area contributed by atoms with E-state index in [1.165, 1.54) is 31.1 Å². The number of carbonyl (C=O) groups is 1. The monoisotopic (exact) mass is 532 g/mol. The minimum absolute atomic E-state index is 0.101. The number of nitrogens with zero attached hydrogens (tertiary/aromatic N) is 4. The summed E-state index contributed by atoms with van der Waals surface area (Å²) in [5.41, 5.74) is -1.01. The summed E-state index contributed by atoms with van der Waals surface area (Å²) in [6.07, 6.45) is -9.28. The maximum absolute atomic E-state index is 14.0. The predicted molar refractivity (Wildman–Crippen MR) is 114 cm³/mol. The second-order valence-electron chi connectivity index (χ2n) is 7.69. The molecule has 188 valence electrons. The third kappa shape index (κ3) is 5.38. The summed E-state index contributed by atoms with van der Waals surface area (Å²) in [6, 6.07) is 1.12. The number of halogens is 8. The normalized spacial score (nSPS) is 18.8. The van der Waals surface area contributed by atoms with Gasteiger partial charge >= 0.3 is 12.4 Å². The molecule has 14 heteroatoms. The highest BCUT2D eigenvalue weighted by molar-refractivity contribution is 6.32. The summed E-state index contributed by atoms with van der Waals surface area (Å²) in [6.45, 7) is 0.157. The lowest BCUT2D eigenvalue weighted by Crippen LogP contribution is -2.63. The predicted octanol–water partition coefficient (Wildman–Crippen LogP) is 4.85. The van der Waals surface area contributed by atoms with E-state index in [0.29, 0.717) is 16.5 Å². The van der Waals surface area contributed by atoms with Gasteiger partial charge in [0.15, 0.2) is 5.69 Å². The van der Waals surface area contributed by atoms with Gasteiger partial charge in [0.05, 0.1) is 35.4 Å².